The van der Waals surface area contributed by atoms with Gasteiger partial charge in [-0.1, -0.05) is 60.7 Å². The molecule has 0 aliphatic carbocycles. The Morgan fingerprint density at radius 1 is 0.800 bits per heavy atom. The third-order valence-electron chi connectivity index (χ3n) is 5.19. The van der Waals surface area contributed by atoms with Crippen LogP contribution in [0.15, 0.2) is 91.3 Å². The van der Waals surface area contributed by atoms with Crippen LogP contribution in [-0.2, 0) is 11.0 Å². The van der Waals surface area contributed by atoms with E-state index in [1.807, 2.05) is 60.7 Å². The molecule has 3 aromatic carbocycles. The molecule has 7 nitrogen and oxygen atoms in total. The Morgan fingerprint density at radius 3 is 1.89 bits per heavy atom. The number of anilines is 4. The third kappa shape index (κ3) is 5.67. The van der Waals surface area contributed by atoms with Gasteiger partial charge in [0.15, 0.2) is 11.6 Å². The molecule has 0 fully saturated rings. The Balaban J connectivity index is 1.49. The number of nitrogens with zero attached hydrogens (tertiary/aromatic N) is 2. The first-order chi connectivity index (χ1) is 16.8. The number of alkyl halides is 3. The largest absolute Gasteiger partial charge is 0.416 e. The van der Waals surface area contributed by atoms with E-state index in [0.717, 1.165) is 23.3 Å². The van der Waals surface area contributed by atoms with Crippen LogP contribution in [0, 0.1) is 0 Å². The van der Waals surface area contributed by atoms with Gasteiger partial charge in [-0.2, -0.15) is 13.2 Å². The van der Waals surface area contributed by atoms with Crippen LogP contribution in [0.5, 0.6) is 0 Å². The minimum Gasteiger partial charge on any atom is -0.393 e. The summed E-state index contributed by atoms with van der Waals surface area (Å²) in [5, 5.41) is 2.86. The lowest BCUT2D eigenvalue weighted by atomic mass is 9.91. The number of hydrogen-bond donors (Lipinski definition) is 4. The lowest BCUT2D eigenvalue weighted by molar-refractivity contribution is -0.137. The van der Waals surface area contributed by atoms with Gasteiger partial charge in [-0.3, -0.25) is 15.6 Å². The van der Waals surface area contributed by atoms with Crippen molar-refractivity contribution in [1.82, 2.24) is 15.4 Å². The zero-order valence-corrected chi connectivity index (χ0v) is 18.3. The van der Waals surface area contributed by atoms with Gasteiger partial charge in [0.25, 0.3) is 0 Å². The number of nitrogen functional groups attached to an aromatic ring is 1. The Kier molecular flexibility index (Phi) is 6.81. The Hall–Kier alpha value is -4.60. The molecule has 0 unspecified atom stereocenters. The van der Waals surface area contributed by atoms with Crippen LogP contribution in [-0.4, -0.2) is 15.9 Å². The van der Waals surface area contributed by atoms with E-state index in [2.05, 4.69) is 26.1 Å². The van der Waals surface area contributed by atoms with Crippen LogP contribution in [0.25, 0.3) is 0 Å². The summed E-state index contributed by atoms with van der Waals surface area (Å²) in [6, 6.07) is 23.0. The highest BCUT2D eigenvalue weighted by Gasteiger charge is 2.30. The van der Waals surface area contributed by atoms with Gasteiger partial charge in [-0.05, 0) is 35.4 Å². The Labute approximate surface area is 199 Å². The SMILES string of the molecule is Nc1c(NNC(=O)C(c2ccccc2)c2ccccc2)ncnc1Nc1ccc(C(F)(F)F)cc1. The van der Waals surface area contributed by atoms with Crippen molar-refractivity contribution >= 4 is 28.9 Å². The van der Waals surface area contributed by atoms with E-state index < -0.39 is 17.7 Å². The summed E-state index contributed by atoms with van der Waals surface area (Å²) < 4.78 is 38.3. The maximum atomic E-state index is 13.2. The molecule has 0 saturated heterocycles. The van der Waals surface area contributed by atoms with Gasteiger partial charge in [0.05, 0.1) is 11.5 Å². The predicted octanol–water partition coefficient (Wildman–Crippen LogP) is 5.10. The van der Waals surface area contributed by atoms with Crippen molar-refractivity contribution < 1.29 is 18.0 Å². The monoisotopic (exact) mass is 478 g/mol. The van der Waals surface area contributed by atoms with Crippen LogP contribution in [0.3, 0.4) is 0 Å². The molecular weight excluding hydrogens is 457 g/mol. The van der Waals surface area contributed by atoms with Crippen molar-refractivity contribution in [2.75, 3.05) is 16.5 Å². The van der Waals surface area contributed by atoms with E-state index in [1.165, 1.54) is 18.5 Å². The average molecular weight is 478 g/mol. The van der Waals surface area contributed by atoms with E-state index in [9.17, 15) is 18.0 Å². The lowest BCUT2D eigenvalue weighted by Gasteiger charge is -2.19. The maximum Gasteiger partial charge on any atom is 0.416 e. The first-order valence-corrected chi connectivity index (χ1v) is 10.5. The highest BCUT2D eigenvalue weighted by Crippen LogP contribution is 2.31. The molecule has 0 saturated carbocycles. The number of nitrogens with one attached hydrogen (secondary N) is 3. The van der Waals surface area contributed by atoms with Gasteiger partial charge in [0.1, 0.15) is 12.0 Å². The number of nitrogens with two attached hydrogens (primary N) is 1. The van der Waals surface area contributed by atoms with Crippen molar-refractivity contribution in [1.29, 1.82) is 0 Å². The maximum absolute atomic E-state index is 13.2. The average Bonchev–Trinajstić information content (AvgIpc) is 2.86. The van der Waals surface area contributed by atoms with Crippen LogP contribution in [0.2, 0.25) is 0 Å². The van der Waals surface area contributed by atoms with E-state index >= 15 is 0 Å². The predicted molar refractivity (Wildman–Crippen MR) is 128 cm³/mol. The molecule has 1 heterocycles. The number of benzene rings is 3. The van der Waals surface area contributed by atoms with Crippen molar-refractivity contribution in [3.8, 4) is 0 Å². The molecule has 0 aliphatic rings. The molecule has 35 heavy (non-hydrogen) atoms. The highest BCUT2D eigenvalue weighted by molar-refractivity contribution is 5.89. The smallest absolute Gasteiger partial charge is 0.393 e. The number of aromatic nitrogens is 2. The molecule has 0 aliphatic heterocycles. The molecule has 0 atom stereocenters. The van der Waals surface area contributed by atoms with Gasteiger partial charge in [-0.25, -0.2) is 9.97 Å². The number of carbonyl (C=O) groups is 1. The topological polar surface area (TPSA) is 105 Å². The minimum atomic E-state index is -4.43. The molecule has 10 heteroatoms. The number of carbonyl (C=O) groups excluding carboxylic acids is 1. The number of hydrazine groups is 1. The summed E-state index contributed by atoms with van der Waals surface area (Å²) in [5.41, 5.74) is 12.8. The fourth-order valence-electron chi connectivity index (χ4n) is 3.45. The zero-order chi connectivity index (χ0) is 24.8. The summed E-state index contributed by atoms with van der Waals surface area (Å²) in [5.74, 6) is -0.628. The Bertz CT molecular complexity index is 1240. The molecule has 0 bridgehead atoms. The number of rotatable bonds is 7. The summed E-state index contributed by atoms with van der Waals surface area (Å²) in [4.78, 5) is 21.2. The minimum absolute atomic E-state index is 0.0728. The van der Waals surface area contributed by atoms with Crippen LogP contribution >= 0.6 is 0 Å². The van der Waals surface area contributed by atoms with Crippen LogP contribution in [0.4, 0.5) is 36.2 Å². The molecular formula is C25H21F3N6O. The van der Waals surface area contributed by atoms with Crippen LogP contribution < -0.4 is 21.9 Å². The quantitative estimate of drug-likeness (QED) is 0.276. The summed E-state index contributed by atoms with van der Waals surface area (Å²) in [7, 11) is 0. The van der Waals surface area contributed by atoms with Gasteiger partial charge < -0.3 is 11.1 Å². The second kappa shape index (κ2) is 10.1. The number of halogens is 3. The molecule has 0 spiro atoms. The van der Waals surface area contributed by atoms with Gasteiger partial charge in [0, 0.05) is 5.69 Å². The summed E-state index contributed by atoms with van der Waals surface area (Å²) >= 11 is 0. The second-order valence-corrected chi connectivity index (χ2v) is 7.55. The normalized spacial score (nSPS) is 11.2. The van der Waals surface area contributed by atoms with E-state index in [0.29, 0.717) is 5.69 Å². The van der Waals surface area contributed by atoms with E-state index in [-0.39, 0.29) is 23.2 Å². The van der Waals surface area contributed by atoms with Crippen molar-refractivity contribution in [3.05, 3.63) is 108 Å². The molecule has 0 radical (unpaired) electrons. The molecule has 4 rings (SSSR count). The molecule has 178 valence electrons. The first-order valence-electron chi connectivity index (χ1n) is 10.5. The van der Waals surface area contributed by atoms with Gasteiger partial charge in [-0.15, -0.1) is 0 Å². The lowest BCUT2D eigenvalue weighted by Crippen LogP contribution is -2.35. The second-order valence-electron chi connectivity index (χ2n) is 7.55. The van der Waals surface area contributed by atoms with Crippen molar-refractivity contribution in [2.24, 2.45) is 0 Å². The fourth-order valence-corrected chi connectivity index (χ4v) is 3.45. The Morgan fingerprint density at radius 2 is 1.34 bits per heavy atom. The van der Waals surface area contributed by atoms with Gasteiger partial charge in [0.2, 0.25) is 5.91 Å². The summed E-state index contributed by atoms with van der Waals surface area (Å²) in [6.07, 6.45) is -3.22. The van der Waals surface area contributed by atoms with E-state index in [1.54, 1.807) is 0 Å². The van der Waals surface area contributed by atoms with Gasteiger partial charge >= 0.3 is 6.18 Å². The highest BCUT2D eigenvalue weighted by atomic mass is 19.4. The van der Waals surface area contributed by atoms with Crippen molar-refractivity contribution in [2.45, 2.75) is 12.1 Å². The summed E-state index contributed by atoms with van der Waals surface area (Å²) in [6.45, 7) is 0. The van der Waals surface area contributed by atoms with E-state index in [4.69, 9.17) is 5.73 Å². The molecule has 1 amide bonds. The molecule has 5 N–H and O–H groups in total. The van der Waals surface area contributed by atoms with Crippen LogP contribution in [0.1, 0.15) is 22.6 Å². The zero-order valence-electron chi connectivity index (χ0n) is 18.3. The number of amides is 1. The molecule has 1 aromatic heterocycles. The van der Waals surface area contributed by atoms with Crippen molar-refractivity contribution in [3.63, 3.8) is 0 Å². The fraction of sp³-hybridized carbons (Fsp3) is 0.0800. The number of hydrogen-bond acceptors (Lipinski definition) is 6. The third-order valence-corrected chi connectivity index (χ3v) is 5.19. The standard InChI is InChI=1S/C25H21F3N6O/c26-25(27,28)18-11-13-19(14-12-18)32-22-21(29)23(31-15-30-22)33-34-24(35)20(16-7-3-1-4-8-16)17-9-5-2-6-10-17/h1-15,20H,29H2,(H,34,35)(H2,30,31,32,33). The molecule has 4 aromatic rings. The first kappa shape index (κ1) is 23.6.